The second-order valence-corrected chi connectivity index (χ2v) is 9.19. The summed E-state index contributed by atoms with van der Waals surface area (Å²) in [6, 6.07) is 7.34. The number of hydrogen-bond donors (Lipinski definition) is 2. The van der Waals surface area contributed by atoms with Crippen molar-refractivity contribution in [2.75, 3.05) is 11.9 Å². The number of amides is 3. The van der Waals surface area contributed by atoms with Gasteiger partial charge in [0.25, 0.3) is 11.8 Å². The third kappa shape index (κ3) is 5.59. The van der Waals surface area contributed by atoms with Crippen LogP contribution in [0.2, 0.25) is 0 Å². The molecular weight excluding hydrogens is 396 g/mol. The van der Waals surface area contributed by atoms with Gasteiger partial charge >= 0.3 is 6.09 Å². The number of anilines is 1. The molecule has 0 atom stereocenters. The van der Waals surface area contributed by atoms with Gasteiger partial charge in [0.15, 0.2) is 0 Å². The number of thioether (sulfide) groups is 1. The van der Waals surface area contributed by atoms with E-state index in [1.54, 1.807) is 31.7 Å². The summed E-state index contributed by atoms with van der Waals surface area (Å²) in [5.41, 5.74) is 1.49. The van der Waals surface area contributed by atoms with Gasteiger partial charge in [-0.25, -0.2) is 4.79 Å². The predicted octanol–water partition coefficient (Wildman–Crippen LogP) is 5.00. The number of benzene rings is 1. The lowest BCUT2D eigenvalue weighted by Gasteiger charge is -2.09. The van der Waals surface area contributed by atoms with E-state index < -0.39 is 12.0 Å². The summed E-state index contributed by atoms with van der Waals surface area (Å²) in [5.74, 6) is -0.905. The minimum Gasteiger partial charge on any atom is -0.450 e. The number of ether oxygens (including phenoxy) is 1. The maximum Gasteiger partial charge on any atom is 0.414 e. The molecule has 0 unspecified atom stereocenters. The summed E-state index contributed by atoms with van der Waals surface area (Å²) >= 11 is 2.97. The van der Waals surface area contributed by atoms with Crippen LogP contribution >= 0.6 is 23.1 Å². The SMILES string of the molecule is CCOC(=O)NC(=O)c1c(NC(=O)c2cccc(SC(C)C)c2)sc(C)c1C. The van der Waals surface area contributed by atoms with Crippen LogP contribution in [0.4, 0.5) is 9.80 Å². The Morgan fingerprint density at radius 3 is 2.54 bits per heavy atom. The molecule has 0 bridgehead atoms. The Labute approximate surface area is 173 Å². The van der Waals surface area contributed by atoms with E-state index in [1.165, 1.54) is 11.3 Å². The second kappa shape index (κ2) is 9.75. The molecule has 0 aliphatic heterocycles. The van der Waals surface area contributed by atoms with Gasteiger partial charge in [-0.1, -0.05) is 19.9 Å². The van der Waals surface area contributed by atoms with Crippen LogP contribution in [0.1, 0.15) is 51.9 Å². The van der Waals surface area contributed by atoms with Crippen molar-refractivity contribution in [1.29, 1.82) is 0 Å². The molecular formula is C20H24N2O4S2. The maximum absolute atomic E-state index is 12.7. The Kier molecular flexibility index (Phi) is 7.65. The Morgan fingerprint density at radius 2 is 1.89 bits per heavy atom. The Bertz CT molecular complexity index is 890. The first kappa shape index (κ1) is 22.0. The smallest absolute Gasteiger partial charge is 0.414 e. The van der Waals surface area contributed by atoms with E-state index in [9.17, 15) is 14.4 Å². The lowest BCUT2D eigenvalue weighted by Crippen LogP contribution is -2.31. The van der Waals surface area contributed by atoms with Crippen LogP contribution in [0.5, 0.6) is 0 Å². The second-order valence-electron chi connectivity index (χ2n) is 6.31. The number of rotatable bonds is 6. The first-order valence-corrected chi connectivity index (χ1v) is 10.6. The summed E-state index contributed by atoms with van der Waals surface area (Å²) < 4.78 is 4.76. The van der Waals surface area contributed by atoms with E-state index in [0.717, 1.165) is 9.77 Å². The van der Waals surface area contributed by atoms with E-state index in [-0.39, 0.29) is 18.1 Å². The van der Waals surface area contributed by atoms with Gasteiger partial charge in [-0.15, -0.1) is 23.1 Å². The fourth-order valence-corrected chi connectivity index (χ4v) is 4.42. The molecule has 2 rings (SSSR count). The molecule has 1 aromatic carbocycles. The summed E-state index contributed by atoms with van der Waals surface area (Å²) in [6.45, 7) is 9.63. The van der Waals surface area contributed by atoms with Crippen LogP contribution < -0.4 is 10.6 Å². The van der Waals surface area contributed by atoms with Crippen molar-refractivity contribution < 1.29 is 19.1 Å². The van der Waals surface area contributed by atoms with Gasteiger partial charge in [0, 0.05) is 20.6 Å². The highest BCUT2D eigenvalue weighted by molar-refractivity contribution is 7.99. The zero-order valence-electron chi connectivity index (χ0n) is 16.5. The minimum absolute atomic E-state index is 0.162. The molecule has 1 heterocycles. The molecule has 0 saturated carbocycles. The third-order valence-electron chi connectivity index (χ3n) is 3.80. The Hall–Kier alpha value is -2.32. The first-order valence-electron chi connectivity index (χ1n) is 8.89. The molecule has 0 aliphatic rings. The molecule has 2 N–H and O–H groups in total. The fourth-order valence-electron chi connectivity index (χ4n) is 2.47. The van der Waals surface area contributed by atoms with Gasteiger partial charge in [0.2, 0.25) is 0 Å². The summed E-state index contributed by atoms with van der Waals surface area (Å²) in [7, 11) is 0. The van der Waals surface area contributed by atoms with Crippen molar-refractivity contribution in [2.24, 2.45) is 0 Å². The van der Waals surface area contributed by atoms with Gasteiger partial charge in [-0.2, -0.15) is 0 Å². The van der Waals surface area contributed by atoms with Crippen molar-refractivity contribution in [3.63, 3.8) is 0 Å². The van der Waals surface area contributed by atoms with E-state index in [0.29, 0.717) is 21.4 Å². The first-order chi connectivity index (χ1) is 13.2. The molecule has 8 heteroatoms. The van der Waals surface area contributed by atoms with Gasteiger partial charge in [-0.05, 0) is 44.5 Å². The van der Waals surface area contributed by atoms with Gasteiger partial charge < -0.3 is 10.1 Å². The standard InChI is InChI=1S/C20H24N2O4S2/c1-6-26-20(25)22-18(24)16-12(4)13(5)28-19(16)21-17(23)14-8-7-9-15(10-14)27-11(2)3/h7-11H,6H2,1-5H3,(H,21,23)(H,22,24,25). The molecule has 6 nitrogen and oxygen atoms in total. The Balaban J connectivity index is 2.24. The lowest BCUT2D eigenvalue weighted by molar-refractivity contribution is 0.0925. The highest BCUT2D eigenvalue weighted by atomic mass is 32.2. The van der Waals surface area contributed by atoms with Crippen molar-refractivity contribution in [1.82, 2.24) is 5.32 Å². The average Bonchev–Trinajstić information content (AvgIpc) is 2.88. The molecule has 0 spiro atoms. The molecule has 0 radical (unpaired) electrons. The number of aryl methyl sites for hydroxylation is 1. The predicted molar refractivity (Wildman–Crippen MR) is 114 cm³/mol. The molecule has 3 amide bonds. The molecule has 2 aromatic rings. The molecule has 150 valence electrons. The summed E-state index contributed by atoms with van der Waals surface area (Å²) in [5, 5.41) is 5.81. The number of thiophene rings is 1. The number of carbonyl (C=O) groups excluding carboxylic acids is 3. The highest BCUT2D eigenvalue weighted by Crippen LogP contribution is 2.33. The van der Waals surface area contributed by atoms with Gasteiger partial charge in [-0.3, -0.25) is 14.9 Å². The quantitative estimate of drug-likeness (QED) is 0.642. The number of nitrogens with one attached hydrogen (secondary N) is 2. The van der Waals surface area contributed by atoms with Crippen molar-refractivity contribution >= 4 is 46.0 Å². The molecule has 28 heavy (non-hydrogen) atoms. The normalized spacial score (nSPS) is 10.6. The zero-order chi connectivity index (χ0) is 20.8. The summed E-state index contributed by atoms with van der Waals surface area (Å²) in [6.07, 6.45) is -0.813. The van der Waals surface area contributed by atoms with E-state index in [1.807, 2.05) is 25.1 Å². The van der Waals surface area contributed by atoms with Crippen LogP contribution in [-0.2, 0) is 4.74 Å². The fraction of sp³-hybridized carbons (Fsp3) is 0.350. The van der Waals surface area contributed by atoms with Gasteiger partial charge in [0.05, 0.1) is 12.2 Å². The van der Waals surface area contributed by atoms with Crippen LogP contribution in [-0.4, -0.2) is 29.8 Å². The highest BCUT2D eigenvalue weighted by Gasteiger charge is 2.23. The average molecular weight is 421 g/mol. The van der Waals surface area contributed by atoms with Crippen molar-refractivity contribution in [2.45, 2.75) is 44.8 Å². The molecule has 1 aromatic heterocycles. The van der Waals surface area contributed by atoms with Crippen LogP contribution in [0.15, 0.2) is 29.2 Å². The molecule has 0 fully saturated rings. The van der Waals surface area contributed by atoms with Crippen LogP contribution in [0.25, 0.3) is 0 Å². The van der Waals surface area contributed by atoms with E-state index in [4.69, 9.17) is 4.74 Å². The minimum atomic E-state index is -0.813. The third-order valence-corrected chi connectivity index (χ3v) is 5.92. The number of hydrogen-bond acceptors (Lipinski definition) is 6. The summed E-state index contributed by atoms with van der Waals surface area (Å²) in [4.78, 5) is 38.7. The van der Waals surface area contributed by atoms with Gasteiger partial charge in [0.1, 0.15) is 5.00 Å². The number of carbonyl (C=O) groups is 3. The largest absolute Gasteiger partial charge is 0.450 e. The molecule has 0 aliphatic carbocycles. The van der Waals surface area contributed by atoms with Crippen molar-refractivity contribution in [3.8, 4) is 0 Å². The van der Waals surface area contributed by atoms with Crippen LogP contribution in [0.3, 0.4) is 0 Å². The lowest BCUT2D eigenvalue weighted by atomic mass is 10.1. The number of imide groups is 1. The Morgan fingerprint density at radius 1 is 1.18 bits per heavy atom. The van der Waals surface area contributed by atoms with E-state index >= 15 is 0 Å². The molecule has 0 saturated heterocycles. The van der Waals surface area contributed by atoms with E-state index in [2.05, 4.69) is 24.5 Å². The van der Waals surface area contributed by atoms with Crippen molar-refractivity contribution in [3.05, 3.63) is 45.8 Å². The maximum atomic E-state index is 12.7. The topological polar surface area (TPSA) is 84.5 Å². The number of alkyl carbamates (subject to hydrolysis) is 1. The van der Waals surface area contributed by atoms with Crippen LogP contribution in [0, 0.1) is 13.8 Å². The zero-order valence-corrected chi connectivity index (χ0v) is 18.2. The monoisotopic (exact) mass is 420 g/mol.